The number of carbonyl (C=O) groups excluding carboxylic acids is 2. The van der Waals surface area contributed by atoms with Crippen molar-refractivity contribution in [1.29, 1.82) is 0 Å². The van der Waals surface area contributed by atoms with Gasteiger partial charge in [-0.25, -0.2) is 13.2 Å². The summed E-state index contributed by atoms with van der Waals surface area (Å²) in [6.07, 6.45) is -0.0343. The first kappa shape index (κ1) is 15.3. The van der Waals surface area contributed by atoms with Crippen LogP contribution in [0.4, 0.5) is 18.9 Å². The second kappa shape index (κ2) is 5.75. The van der Waals surface area contributed by atoms with E-state index in [1.54, 1.807) is 13.8 Å². The minimum absolute atomic E-state index is 0.0343. The summed E-state index contributed by atoms with van der Waals surface area (Å²) < 4.78 is 40.1. The van der Waals surface area contributed by atoms with Crippen molar-refractivity contribution < 1.29 is 22.8 Å². The molecule has 1 unspecified atom stereocenters. The summed E-state index contributed by atoms with van der Waals surface area (Å²) in [7, 11) is 0. The zero-order valence-electron chi connectivity index (χ0n) is 11.6. The van der Waals surface area contributed by atoms with E-state index in [-0.39, 0.29) is 30.5 Å². The monoisotopic (exact) mass is 300 g/mol. The molecule has 0 bridgehead atoms. The summed E-state index contributed by atoms with van der Waals surface area (Å²) in [5.41, 5.74) is -0.360. The Kier molecular flexibility index (Phi) is 4.20. The van der Waals surface area contributed by atoms with E-state index in [1.807, 2.05) is 0 Å². The molecule has 1 fully saturated rings. The number of hydrogen-bond acceptors (Lipinski definition) is 2. The summed E-state index contributed by atoms with van der Waals surface area (Å²) in [5.74, 6) is -4.71. The van der Waals surface area contributed by atoms with Gasteiger partial charge in [-0.2, -0.15) is 0 Å². The largest absolute Gasteiger partial charge is 0.344 e. The summed E-state index contributed by atoms with van der Waals surface area (Å²) in [6, 6.07) is 0.200. The highest BCUT2D eigenvalue weighted by molar-refractivity contribution is 6.01. The molecule has 0 spiro atoms. The molecule has 7 heteroatoms. The zero-order valence-corrected chi connectivity index (χ0v) is 11.6. The fourth-order valence-electron chi connectivity index (χ4n) is 2.21. The number of anilines is 1. The van der Waals surface area contributed by atoms with E-state index in [0.29, 0.717) is 12.1 Å². The van der Waals surface area contributed by atoms with Crippen LogP contribution in [0.5, 0.6) is 0 Å². The SMILES string of the molecule is CC(C)C1NC(=O)CCN(c2cc(F)c(F)cc2F)C1=O. The van der Waals surface area contributed by atoms with Crippen molar-refractivity contribution in [2.75, 3.05) is 11.4 Å². The van der Waals surface area contributed by atoms with Gasteiger partial charge in [-0.15, -0.1) is 0 Å². The normalized spacial score (nSPS) is 19.7. The standard InChI is InChI=1S/C14H15F3N2O2/c1-7(2)13-14(21)19(4-3-12(20)18-13)11-6-9(16)8(15)5-10(11)17/h5-7,13H,3-4H2,1-2H3,(H,18,20). The summed E-state index contributed by atoms with van der Waals surface area (Å²) in [4.78, 5) is 25.0. The topological polar surface area (TPSA) is 49.4 Å². The second-order valence-corrected chi connectivity index (χ2v) is 5.25. The number of halogens is 3. The molecule has 1 aliphatic heterocycles. The van der Waals surface area contributed by atoms with E-state index >= 15 is 0 Å². The molecule has 4 nitrogen and oxygen atoms in total. The van der Waals surface area contributed by atoms with Gasteiger partial charge < -0.3 is 10.2 Å². The van der Waals surface area contributed by atoms with Crippen molar-refractivity contribution in [2.45, 2.75) is 26.3 Å². The number of amides is 2. The van der Waals surface area contributed by atoms with Gasteiger partial charge in [0.15, 0.2) is 11.6 Å². The highest BCUT2D eigenvalue weighted by atomic mass is 19.2. The molecule has 1 aliphatic rings. The maximum Gasteiger partial charge on any atom is 0.249 e. The van der Waals surface area contributed by atoms with Gasteiger partial charge in [0.05, 0.1) is 5.69 Å². The quantitative estimate of drug-likeness (QED) is 0.849. The van der Waals surface area contributed by atoms with Crippen molar-refractivity contribution in [3.63, 3.8) is 0 Å². The number of benzene rings is 1. The van der Waals surface area contributed by atoms with Crippen LogP contribution in [0.25, 0.3) is 0 Å². The number of nitrogens with one attached hydrogen (secondary N) is 1. The smallest absolute Gasteiger partial charge is 0.249 e. The zero-order chi connectivity index (χ0) is 15.7. The molecule has 0 aliphatic carbocycles. The fraction of sp³-hybridized carbons (Fsp3) is 0.429. The van der Waals surface area contributed by atoms with E-state index in [4.69, 9.17) is 0 Å². The first-order valence-electron chi connectivity index (χ1n) is 6.56. The minimum Gasteiger partial charge on any atom is -0.344 e. The molecular weight excluding hydrogens is 285 g/mol. The molecule has 21 heavy (non-hydrogen) atoms. The van der Waals surface area contributed by atoms with Gasteiger partial charge in [0, 0.05) is 25.1 Å². The van der Waals surface area contributed by atoms with Crippen molar-refractivity contribution in [1.82, 2.24) is 5.32 Å². The summed E-state index contributed by atoms with van der Waals surface area (Å²) in [6.45, 7) is 3.37. The predicted octanol–water partition coefficient (Wildman–Crippen LogP) is 1.98. The Morgan fingerprint density at radius 1 is 1.14 bits per heavy atom. The highest BCUT2D eigenvalue weighted by Crippen LogP contribution is 2.25. The third kappa shape index (κ3) is 3.01. The molecule has 1 aromatic carbocycles. The summed E-state index contributed by atoms with van der Waals surface area (Å²) >= 11 is 0. The molecule has 2 amide bonds. The lowest BCUT2D eigenvalue weighted by atomic mass is 10.0. The number of carbonyl (C=O) groups is 2. The second-order valence-electron chi connectivity index (χ2n) is 5.25. The van der Waals surface area contributed by atoms with Crippen LogP contribution in [0.1, 0.15) is 20.3 Å². The van der Waals surface area contributed by atoms with Gasteiger partial charge in [0.25, 0.3) is 0 Å². The first-order chi connectivity index (χ1) is 9.81. The van der Waals surface area contributed by atoms with Gasteiger partial charge in [-0.05, 0) is 5.92 Å². The molecule has 1 saturated heterocycles. The van der Waals surface area contributed by atoms with E-state index in [1.165, 1.54) is 0 Å². The van der Waals surface area contributed by atoms with Crippen LogP contribution >= 0.6 is 0 Å². The van der Waals surface area contributed by atoms with Gasteiger partial charge in [-0.1, -0.05) is 13.8 Å². The minimum atomic E-state index is -1.33. The lowest BCUT2D eigenvalue weighted by molar-refractivity contribution is -0.126. The predicted molar refractivity (Wildman–Crippen MR) is 70.1 cm³/mol. The Hall–Kier alpha value is -2.05. The number of hydrogen-bond donors (Lipinski definition) is 1. The lowest BCUT2D eigenvalue weighted by Crippen LogP contribution is -2.48. The average molecular weight is 300 g/mol. The van der Waals surface area contributed by atoms with E-state index in [2.05, 4.69) is 5.32 Å². The van der Waals surface area contributed by atoms with E-state index < -0.39 is 29.4 Å². The Morgan fingerprint density at radius 3 is 2.38 bits per heavy atom. The highest BCUT2D eigenvalue weighted by Gasteiger charge is 2.34. The fourth-order valence-corrected chi connectivity index (χ4v) is 2.21. The lowest BCUT2D eigenvalue weighted by Gasteiger charge is -2.26. The van der Waals surface area contributed by atoms with Crippen LogP contribution in [0.15, 0.2) is 12.1 Å². The Morgan fingerprint density at radius 2 is 1.76 bits per heavy atom. The van der Waals surface area contributed by atoms with Crippen LogP contribution in [-0.2, 0) is 9.59 Å². The molecule has 0 saturated carbocycles. The van der Waals surface area contributed by atoms with Gasteiger partial charge >= 0.3 is 0 Å². The molecule has 0 aromatic heterocycles. The third-order valence-corrected chi connectivity index (χ3v) is 3.36. The van der Waals surface area contributed by atoms with Gasteiger partial charge in [0.2, 0.25) is 11.8 Å². The van der Waals surface area contributed by atoms with Gasteiger partial charge in [0.1, 0.15) is 11.9 Å². The molecular formula is C14H15F3N2O2. The Labute approximate surface area is 119 Å². The third-order valence-electron chi connectivity index (χ3n) is 3.36. The molecule has 1 N–H and O–H groups in total. The maximum atomic E-state index is 13.8. The van der Waals surface area contributed by atoms with E-state index in [9.17, 15) is 22.8 Å². The molecule has 1 heterocycles. The van der Waals surface area contributed by atoms with Crippen molar-refractivity contribution >= 4 is 17.5 Å². The maximum absolute atomic E-state index is 13.8. The number of rotatable bonds is 2. The van der Waals surface area contributed by atoms with Gasteiger partial charge in [-0.3, -0.25) is 9.59 Å². The molecule has 2 rings (SSSR count). The molecule has 0 radical (unpaired) electrons. The average Bonchev–Trinajstić information content (AvgIpc) is 2.54. The van der Waals surface area contributed by atoms with E-state index in [0.717, 1.165) is 4.90 Å². The van der Waals surface area contributed by atoms with Crippen LogP contribution in [0.2, 0.25) is 0 Å². The summed E-state index contributed by atoms with van der Waals surface area (Å²) in [5, 5.41) is 2.55. The van der Waals surface area contributed by atoms with Crippen LogP contribution in [0, 0.1) is 23.4 Å². The van der Waals surface area contributed by atoms with Crippen LogP contribution in [0.3, 0.4) is 0 Å². The first-order valence-corrected chi connectivity index (χ1v) is 6.56. The number of nitrogens with zero attached hydrogens (tertiary/aromatic N) is 1. The molecule has 1 atom stereocenters. The van der Waals surface area contributed by atoms with Crippen molar-refractivity contribution in [3.8, 4) is 0 Å². The Bertz CT molecular complexity index is 590. The van der Waals surface area contributed by atoms with Crippen molar-refractivity contribution in [3.05, 3.63) is 29.6 Å². The Balaban J connectivity index is 2.44. The molecule has 114 valence electrons. The van der Waals surface area contributed by atoms with Crippen molar-refractivity contribution in [2.24, 2.45) is 5.92 Å². The van der Waals surface area contributed by atoms with Crippen LogP contribution < -0.4 is 10.2 Å². The van der Waals surface area contributed by atoms with Crippen LogP contribution in [-0.4, -0.2) is 24.4 Å². The molecule has 1 aromatic rings.